The van der Waals surface area contributed by atoms with Gasteiger partial charge in [-0.2, -0.15) is 0 Å². The van der Waals surface area contributed by atoms with Gasteiger partial charge in [-0.05, 0) is 91.6 Å². The number of nitrogens with zero attached hydrogens (tertiary/aromatic N) is 1. The second-order valence-corrected chi connectivity index (χ2v) is 10.3. The highest BCUT2D eigenvalue weighted by molar-refractivity contribution is 5.94. The van der Waals surface area contributed by atoms with Gasteiger partial charge >= 0.3 is 11.9 Å². The number of ether oxygens (including phenoxy) is 2. The number of fused-ring (bicyclic) bond motifs is 1. The van der Waals surface area contributed by atoms with Crippen LogP contribution >= 0.6 is 0 Å². The van der Waals surface area contributed by atoms with Crippen molar-refractivity contribution in [3.63, 3.8) is 0 Å². The molecule has 0 saturated heterocycles. The molecule has 1 aromatic heterocycles. The molecule has 220 valence electrons. The average Bonchev–Trinajstić information content (AvgIpc) is 3.28. The van der Waals surface area contributed by atoms with Crippen LogP contribution in [0.1, 0.15) is 53.5 Å². The fourth-order valence-electron chi connectivity index (χ4n) is 5.05. The summed E-state index contributed by atoms with van der Waals surface area (Å²) in [6.07, 6.45) is 8.49. The normalized spacial score (nSPS) is 11.3. The van der Waals surface area contributed by atoms with E-state index in [1.54, 1.807) is 4.57 Å². The maximum absolute atomic E-state index is 13.5. The maximum Gasteiger partial charge on any atom is 0.323 e. The van der Waals surface area contributed by atoms with Crippen LogP contribution in [0.3, 0.4) is 0 Å². The molecular formula is C34H36FNO6. The molecule has 4 aromatic rings. The number of aliphatic carboxylic acids is 2. The fraction of sp³-hybridized carbons (Fsp3) is 0.294. The number of carboxylic acid groups (broad SMARTS) is 2. The molecule has 1 heterocycles. The van der Waals surface area contributed by atoms with Gasteiger partial charge in [-0.1, -0.05) is 42.5 Å². The summed E-state index contributed by atoms with van der Waals surface area (Å²) in [6, 6.07) is 16.5. The maximum atomic E-state index is 13.5. The Labute approximate surface area is 244 Å². The number of hydrogen-bond acceptors (Lipinski definition) is 4. The van der Waals surface area contributed by atoms with Crippen LogP contribution in [-0.4, -0.2) is 39.9 Å². The Hall–Kier alpha value is -4.59. The van der Waals surface area contributed by atoms with E-state index in [0.29, 0.717) is 26.1 Å². The monoisotopic (exact) mass is 573 g/mol. The summed E-state index contributed by atoms with van der Waals surface area (Å²) in [5.74, 6) is -0.535. The lowest BCUT2D eigenvalue weighted by Crippen LogP contribution is -2.07. The molecule has 0 unspecified atom stereocenters. The second kappa shape index (κ2) is 14.3. The number of aromatic nitrogens is 1. The van der Waals surface area contributed by atoms with Crippen LogP contribution < -0.4 is 9.47 Å². The Morgan fingerprint density at radius 3 is 2.24 bits per heavy atom. The molecule has 0 saturated carbocycles. The van der Waals surface area contributed by atoms with E-state index in [2.05, 4.69) is 0 Å². The zero-order valence-electron chi connectivity index (χ0n) is 23.9. The van der Waals surface area contributed by atoms with Gasteiger partial charge in [0.25, 0.3) is 0 Å². The van der Waals surface area contributed by atoms with E-state index in [-0.39, 0.29) is 18.8 Å². The quantitative estimate of drug-likeness (QED) is 0.114. The van der Waals surface area contributed by atoms with Crippen molar-refractivity contribution in [2.45, 2.75) is 52.5 Å². The molecule has 2 N–H and O–H groups in total. The molecule has 7 nitrogen and oxygen atoms in total. The first kappa shape index (κ1) is 30.4. The largest absolute Gasteiger partial charge is 0.494 e. The third-order valence-corrected chi connectivity index (χ3v) is 6.97. The number of carboxylic acids is 2. The SMILES string of the molecule is Cc1cc(F)cc(C)c1OCCCCOc1ccc(C=Cc2cccc3c(CCCC(=O)O)cn(CC(=O)O)c23)cc1. The van der Waals surface area contributed by atoms with Crippen LogP contribution in [0.15, 0.2) is 60.8 Å². The first-order valence-electron chi connectivity index (χ1n) is 14.1. The number of aryl methyl sites for hydroxylation is 3. The average molecular weight is 574 g/mol. The molecule has 0 atom stereocenters. The smallest absolute Gasteiger partial charge is 0.323 e. The molecular weight excluding hydrogens is 537 g/mol. The molecule has 8 heteroatoms. The van der Waals surface area contributed by atoms with Crippen LogP contribution in [0.2, 0.25) is 0 Å². The number of para-hydroxylation sites is 1. The lowest BCUT2D eigenvalue weighted by molar-refractivity contribution is -0.138. The molecule has 0 fully saturated rings. The standard InChI is InChI=1S/C34H36FNO6/c1-23-19-28(35)20-24(2)34(23)42-18-4-3-17-41-29-15-12-25(13-16-29)11-14-26-7-5-9-30-27(8-6-10-31(37)38)21-36(33(26)30)22-32(39)40/h5,7,9,11-16,19-21H,3-4,6,8,10,17-18,22H2,1-2H3,(H,37,38)(H,39,40). The van der Waals surface area contributed by atoms with Crippen molar-refractivity contribution in [2.24, 2.45) is 0 Å². The van der Waals surface area contributed by atoms with Crippen LogP contribution in [0, 0.1) is 19.7 Å². The molecule has 0 bridgehead atoms. The summed E-state index contributed by atoms with van der Waals surface area (Å²) in [5, 5.41) is 19.4. The second-order valence-electron chi connectivity index (χ2n) is 10.3. The number of hydrogen-bond donors (Lipinski definition) is 2. The van der Waals surface area contributed by atoms with E-state index in [0.717, 1.165) is 63.1 Å². The summed E-state index contributed by atoms with van der Waals surface area (Å²) >= 11 is 0. The molecule has 3 aromatic carbocycles. The third-order valence-electron chi connectivity index (χ3n) is 6.97. The van der Waals surface area contributed by atoms with Crippen molar-refractivity contribution in [2.75, 3.05) is 13.2 Å². The first-order valence-corrected chi connectivity index (χ1v) is 14.1. The van der Waals surface area contributed by atoms with Crippen LogP contribution in [-0.2, 0) is 22.6 Å². The van der Waals surface area contributed by atoms with Crippen LogP contribution in [0.25, 0.3) is 23.1 Å². The number of carbonyl (C=O) groups is 2. The van der Waals surface area contributed by atoms with Gasteiger partial charge in [0.05, 0.1) is 18.7 Å². The highest BCUT2D eigenvalue weighted by Crippen LogP contribution is 2.28. The van der Waals surface area contributed by atoms with E-state index in [9.17, 15) is 19.1 Å². The summed E-state index contributed by atoms with van der Waals surface area (Å²) in [4.78, 5) is 22.5. The molecule has 0 aliphatic rings. The number of rotatable bonds is 15. The van der Waals surface area contributed by atoms with E-state index in [1.807, 2.05) is 74.7 Å². The Morgan fingerprint density at radius 1 is 0.881 bits per heavy atom. The van der Waals surface area contributed by atoms with Gasteiger partial charge in [-0.3, -0.25) is 9.59 Å². The molecule has 42 heavy (non-hydrogen) atoms. The molecule has 4 rings (SSSR count). The third kappa shape index (κ3) is 8.22. The van der Waals surface area contributed by atoms with E-state index >= 15 is 0 Å². The topological polar surface area (TPSA) is 98.0 Å². The molecule has 0 aliphatic heterocycles. The van der Waals surface area contributed by atoms with Crippen molar-refractivity contribution in [3.8, 4) is 11.5 Å². The summed E-state index contributed by atoms with van der Waals surface area (Å²) in [6.45, 7) is 4.59. The minimum atomic E-state index is -0.941. The van der Waals surface area contributed by atoms with E-state index in [1.165, 1.54) is 12.1 Å². The minimum Gasteiger partial charge on any atom is -0.494 e. The van der Waals surface area contributed by atoms with E-state index < -0.39 is 11.9 Å². The lowest BCUT2D eigenvalue weighted by Gasteiger charge is -2.12. The summed E-state index contributed by atoms with van der Waals surface area (Å²) < 4.78 is 26.9. The van der Waals surface area contributed by atoms with Crippen LogP contribution in [0.4, 0.5) is 4.39 Å². The van der Waals surface area contributed by atoms with Gasteiger partial charge in [0.1, 0.15) is 23.9 Å². The van der Waals surface area contributed by atoms with Gasteiger partial charge in [0.2, 0.25) is 0 Å². The molecule has 0 amide bonds. The van der Waals surface area contributed by atoms with E-state index in [4.69, 9.17) is 14.6 Å². The number of halogens is 1. The number of unbranched alkanes of at least 4 members (excludes halogenated alkanes) is 1. The van der Waals surface area contributed by atoms with Gasteiger partial charge in [0.15, 0.2) is 0 Å². The van der Waals surface area contributed by atoms with Crippen molar-refractivity contribution < 1.29 is 33.7 Å². The highest BCUT2D eigenvalue weighted by Gasteiger charge is 2.14. The van der Waals surface area contributed by atoms with Crippen molar-refractivity contribution in [1.29, 1.82) is 0 Å². The predicted octanol–water partition coefficient (Wildman–Crippen LogP) is 7.30. The zero-order chi connectivity index (χ0) is 30.1. The van der Waals surface area contributed by atoms with Crippen molar-refractivity contribution >= 4 is 35.0 Å². The number of benzene rings is 3. The van der Waals surface area contributed by atoms with Gasteiger partial charge in [0, 0.05) is 18.0 Å². The summed E-state index contributed by atoms with van der Waals surface area (Å²) in [7, 11) is 0. The predicted molar refractivity (Wildman–Crippen MR) is 162 cm³/mol. The molecule has 0 spiro atoms. The Bertz CT molecular complexity index is 1550. The first-order chi connectivity index (χ1) is 20.2. The fourth-order valence-corrected chi connectivity index (χ4v) is 5.05. The van der Waals surface area contributed by atoms with Gasteiger partial charge < -0.3 is 24.3 Å². The zero-order valence-corrected chi connectivity index (χ0v) is 23.9. The Balaban J connectivity index is 1.33. The lowest BCUT2D eigenvalue weighted by atomic mass is 10.0. The summed E-state index contributed by atoms with van der Waals surface area (Å²) in [5.41, 5.74) is 5.19. The minimum absolute atomic E-state index is 0.0658. The molecule has 0 radical (unpaired) electrons. The Kier molecular flexibility index (Phi) is 10.4. The van der Waals surface area contributed by atoms with Gasteiger partial charge in [-0.15, -0.1) is 0 Å². The van der Waals surface area contributed by atoms with Crippen molar-refractivity contribution in [1.82, 2.24) is 4.57 Å². The molecule has 0 aliphatic carbocycles. The van der Waals surface area contributed by atoms with Crippen LogP contribution in [0.5, 0.6) is 11.5 Å². The van der Waals surface area contributed by atoms with Gasteiger partial charge in [-0.25, -0.2) is 4.39 Å². The van der Waals surface area contributed by atoms with Crippen molar-refractivity contribution in [3.05, 3.63) is 94.4 Å². The Morgan fingerprint density at radius 2 is 1.57 bits per heavy atom. The highest BCUT2D eigenvalue weighted by atomic mass is 19.1.